The molecule has 0 spiro atoms. The van der Waals surface area contributed by atoms with Crippen LogP contribution in [0.1, 0.15) is 24.3 Å². The molecule has 1 aromatic carbocycles. The Kier molecular flexibility index (Phi) is 4.10. The number of fused-ring (bicyclic) bond motifs is 1. The summed E-state index contributed by atoms with van der Waals surface area (Å²) in [5.41, 5.74) is 0.799. The molecule has 5 nitrogen and oxygen atoms in total. The van der Waals surface area contributed by atoms with E-state index in [4.69, 9.17) is 25.8 Å². The van der Waals surface area contributed by atoms with Crippen molar-refractivity contribution in [2.24, 2.45) is 5.92 Å². The Labute approximate surface area is 133 Å². The first-order valence-corrected chi connectivity index (χ1v) is 7.62. The second kappa shape index (κ2) is 5.89. The number of alkyl halides is 1. The van der Waals surface area contributed by atoms with Crippen LogP contribution >= 0.6 is 11.6 Å². The van der Waals surface area contributed by atoms with Crippen molar-refractivity contribution in [3.63, 3.8) is 0 Å². The Morgan fingerprint density at radius 3 is 2.77 bits per heavy atom. The van der Waals surface area contributed by atoms with Crippen LogP contribution in [0.15, 0.2) is 30.3 Å². The monoisotopic (exact) mass is 324 g/mol. The van der Waals surface area contributed by atoms with Gasteiger partial charge < -0.3 is 14.2 Å². The lowest BCUT2D eigenvalue weighted by Gasteiger charge is -2.46. The van der Waals surface area contributed by atoms with Gasteiger partial charge in [0.05, 0.1) is 19.1 Å². The van der Waals surface area contributed by atoms with Gasteiger partial charge in [-0.25, -0.2) is 4.79 Å². The number of hydrogen-bond acceptors (Lipinski definition) is 5. The van der Waals surface area contributed by atoms with Gasteiger partial charge in [0.25, 0.3) is 5.06 Å². The molecular weight excluding hydrogens is 308 g/mol. The third-order valence-electron chi connectivity index (χ3n) is 4.30. The van der Waals surface area contributed by atoms with Gasteiger partial charge in [-0.15, -0.1) is 0 Å². The van der Waals surface area contributed by atoms with Crippen molar-refractivity contribution in [3.05, 3.63) is 35.9 Å². The number of carbonyl (C=O) groups excluding carboxylic acids is 2. The van der Waals surface area contributed by atoms with Gasteiger partial charge in [0, 0.05) is 6.61 Å². The first kappa shape index (κ1) is 15.3. The van der Waals surface area contributed by atoms with E-state index >= 15 is 0 Å². The van der Waals surface area contributed by atoms with Crippen LogP contribution in [-0.2, 0) is 23.8 Å². The molecule has 0 amide bonds. The van der Waals surface area contributed by atoms with Gasteiger partial charge in [-0.05, 0) is 18.4 Å². The molecular formula is C16H17ClO5. The summed E-state index contributed by atoms with van der Waals surface area (Å²) in [5.74, 6) is -2.33. The van der Waals surface area contributed by atoms with Crippen LogP contribution in [0.5, 0.6) is 0 Å². The summed E-state index contributed by atoms with van der Waals surface area (Å²) in [6, 6.07) is 9.27. The van der Waals surface area contributed by atoms with E-state index in [1.54, 1.807) is 0 Å². The average molecular weight is 325 g/mol. The highest BCUT2D eigenvalue weighted by Gasteiger charge is 2.60. The van der Waals surface area contributed by atoms with Gasteiger partial charge >= 0.3 is 11.9 Å². The second-order valence-electron chi connectivity index (χ2n) is 5.53. The third kappa shape index (κ3) is 2.38. The van der Waals surface area contributed by atoms with Crippen LogP contribution < -0.4 is 0 Å². The highest BCUT2D eigenvalue weighted by molar-refractivity contribution is 6.34. The van der Waals surface area contributed by atoms with E-state index in [2.05, 4.69) is 0 Å². The first-order chi connectivity index (χ1) is 10.6. The topological polar surface area (TPSA) is 61.8 Å². The van der Waals surface area contributed by atoms with Crippen LogP contribution in [-0.4, -0.2) is 36.8 Å². The quantitative estimate of drug-likeness (QED) is 0.616. The van der Waals surface area contributed by atoms with E-state index in [1.165, 1.54) is 7.11 Å². The Balaban J connectivity index is 2.00. The van der Waals surface area contributed by atoms with Crippen molar-refractivity contribution in [2.45, 2.75) is 29.9 Å². The van der Waals surface area contributed by atoms with E-state index in [-0.39, 0.29) is 0 Å². The molecule has 0 saturated carbocycles. The minimum atomic E-state index is -1.80. The fourth-order valence-corrected chi connectivity index (χ4v) is 3.65. The number of cyclic esters (lactones) is 1. The number of esters is 2. The maximum atomic E-state index is 12.5. The minimum absolute atomic E-state index is 0.432. The van der Waals surface area contributed by atoms with E-state index in [9.17, 15) is 9.59 Å². The summed E-state index contributed by atoms with van der Waals surface area (Å²) in [6.45, 7) is 0.534. The predicted molar refractivity (Wildman–Crippen MR) is 78.3 cm³/mol. The van der Waals surface area contributed by atoms with Crippen molar-refractivity contribution in [3.8, 4) is 0 Å². The van der Waals surface area contributed by atoms with Crippen molar-refractivity contribution < 1.29 is 23.8 Å². The van der Waals surface area contributed by atoms with Gasteiger partial charge in [0.1, 0.15) is 5.92 Å². The summed E-state index contributed by atoms with van der Waals surface area (Å²) in [4.78, 5) is 24.5. The number of methoxy groups -OCH3 is 1. The van der Waals surface area contributed by atoms with Crippen LogP contribution in [0.3, 0.4) is 0 Å². The van der Waals surface area contributed by atoms with Crippen LogP contribution in [0.4, 0.5) is 0 Å². The Bertz CT molecular complexity index is 575. The molecule has 0 aromatic heterocycles. The van der Waals surface area contributed by atoms with Crippen molar-refractivity contribution in [1.82, 2.24) is 0 Å². The lowest BCUT2D eigenvalue weighted by atomic mass is 9.76. The smallest absolute Gasteiger partial charge is 0.366 e. The van der Waals surface area contributed by atoms with Gasteiger partial charge in [-0.3, -0.25) is 4.79 Å². The van der Waals surface area contributed by atoms with Gasteiger partial charge in [-0.2, -0.15) is 0 Å². The van der Waals surface area contributed by atoms with E-state index < -0.39 is 34.9 Å². The average Bonchev–Trinajstić information content (AvgIpc) is 2.55. The van der Waals surface area contributed by atoms with Gasteiger partial charge in [0.15, 0.2) is 0 Å². The lowest BCUT2D eigenvalue weighted by Crippen LogP contribution is -2.59. The molecule has 22 heavy (non-hydrogen) atoms. The molecule has 2 heterocycles. The number of ether oxygens (including phenoxy) is 3. The van der Waals surface area contributed by atoms with E-state index in [0.717, 1.165) is 12.0 Å². The number of hydrogen-bond donors (Lipinski definition) is 0. The summed E-state index contributed by atoms with van der Waals surface area (Å²) in [6.07, 6.45) is 0.903. The molecule has 0 N–H and O–H groups in total. The highest BCUT2D eigenvalue weighted by Crippen LogP contribution is 2.47. The molecule has 6 heteroatoms. The summed E-state index contributed by atoms with van der Waals surface area (Å²) < 4.78 is 15.9. The summed E-state index contributed by atoms with van der Waals surface area (Å²) >= 11 is 6.35. The molecule has 0 bridgehead atoms. The van der Waals surface area contributed by atoms with E-state index in [0.29, 0.717) is 13.0 Å². The highest BCUT2D eigenvalue weighted by atomic mass is 35.5. The molecule has 3 rings (SSSR count). The van der Waals surface area contributed by atoms with Crippen LogP contribution in [0.25, 0.3) is 0 Å². The molecule has 2 saturated heterocycles. The maximum absolute atomic E-state index is 12.5. The zero-order valence-corrected chi connectivity index (χ0v) is 12.9. The molecule has 2 fully saturated rings. The van der Waals surface area contributed by atoms with Crippen molar-refractivity contribution in [1.29, 1.82) is 0 Å². The number of rotatable bonds is 2. The standard InChI is InChI=1S/C16H17ClO5/c1-20-15(19)16(17)11-8-5-9-21-13(11)12(14(18)22-16)10-6-3-2-4-7-10/h2-4,6-7,11-13H,5,8-9H2,1H3. The van der Waals surface area contributed by atoms with Crippen molar-refractivity contribution >= 4 is 23.5 Å². The molecule has 1 aromatic rings. The predicted octanol–water partition coefficient (Wildman–Crippen LogP) is 2.23. The molecule has 0 aliphatic carbocycles. The maximum Gasteiger partial charge on any atom is 0.366 e. The van der Waals surface area contributed by atoms with Crippen LogP contribution in [0, 0.1) is 5.92 Å². The summed E-state index contributed by atoms with van der Waals surface area (Å²) in [7, 11) is 1.22. The number of carbonyl (C=O) groups is 2. The Morgan fingerprint density at radius 1 is 1.36 bits per heavy atom. The normalized spacial score (nSPS) is 34.5. The molecule has 4 atom stereocenters. The number of benzene rings is 1. The fraction of sp³-hybridized carbons (Fsp3) is 0.500. The van der Waals surface area contributed by atoms with Crippen molar-refractivity contribution in [2.75, 3.05) is 13.7 Å². The Morgan fingerprint density at radius 2 is 2.09 bits per heavy atom. The molecule has 118 valence electrons. The lowest BCUT2D eigenvalue weighted by molar-refractivity contribution is -0.205. The zero-order valence-electron chi connectivity index (χ0n) is 12.2. The van der Waals surface area contributed by atoms with Crippen LogP contribution in [0.2, 0.25) is 0 Å². The zero-order chi connectivity index (χ0) is 15.7. The third-order valence-corrected chi connectivity index (χ3v) is 4.81. The minimum Gasteiger partial charge on any atom is -0.465 e. The largest absolute Gasteiger partial charge is 0.465 e. The Hall–Kier alpha value is -1.59. The van der Waals surface area contributed by atoms with Gasteiger partial charge in [0.2, 0.25) is 0 Å². The summed E-state index contributed by atoms with van der Waals surface area (Å²) in [5, 5.41) is -1.80. The first-order valence-electron chi connectivity index (χ1n) is 7.24. The molecule has 4 unspecified atom stereocenters. The fourth-order valence-electron chi connectivity index (χ4n) is 3.27. The molecule has 0 radical (unpaired) electrons. The number of halogens is 1. The molecule has 2 aliphatic rings. The van der Waals surface area contributed by atoms with Gasteiger partial charge in [-0.1, -0.05) is 41.9 Å². The second-order valence-corrected chi connectivity index (χ2v) is 6.09. The van der Waals surface area contributed by atoms with E-state index in [1.807, 2.05) is 30.3 Å². The molecule has 2 aliphatic heterocycles. The SMILES string of the molecule is COC(=O)C1(Cl)OC(=O)C(c2ccccc2)C2OCCCC21.